The average molecular weight is 652 g/mol. The minimum atomic E-state index is -4.98. The molecular formula is C33H43F6N7. The molecule has 0 amide bonds. The largest absolute Gasteiger partial charge is 0.416 e. The fraction of sp³-hybridized carbons (Fsp3) is 0.515. The number of guanidine groups is 1. The first-order chi connectivity index (χ1) is 21.6. The predicted octanol–water partition coefficient (Wildman–Crippen LogP) is 7.58. The summed E-state index contributed by atoms with van der Waals surface area (Å²) in [6.45, 7) is 9.32. The van der Waals surface area contributed by atoms with E-state index in [1.54, 1.807) is 0 Å². The van der Waals surface area contributed by atoms with Crippen molar-refractivity contribution in [2.24, 2.45) is 28.5 Å². The molecule has 2 saturated carbocycles. The van der Waals surface area contributed by atoms with E-state index in [0.29, 0.717) is 24.0 Å². The van der Waals surface area contributed by atoms with E-state index in [0.717, 1.165) is 77.3 Å². The van der Waals surface area contributed by atoms with Gasteiger partial charge in [0.05, 0.1) is 16.6 Å². The lowest BCUT2D eigenvalue weighted by atomic mass is 10.0. The fourth-order valence-corrected chi connectivity index (χ4v) is 5.36. The molecule has 0 radical (unpaired) electrons. The number of halogens is 6. The lowest BCUT2D eigenvalue weighted by Crippen LogP contribution is -2.40. The highest BCUT2D eigenvalue weighted by Gasteiger charge is 2.37. The number of hydrazine groups is 1. The van der Waals surface area contributed by atoms with Crippen molar-refractivity contribution < 1.29 is 26.3 Å². The molecule has 252 valence electrons. The first-order valence-corrected chi connectivity index (χ1v) is 15.6. The number of hydrazone groups is 1. The van der Waals surface area contributed by atoms with Gasteiger partial charge in [0.1, 0.15) is 5.82 Å². The smallest absolute Gasteiger partial charge is 0.368 e. The van der Waals surface area contributed by atoms with E-state index in [4.69, 9.17) is 16.6 Å². The van der Waals surface area contributed by atoms with Crippen LogP contribution < -0.4 is 16.5 Å². The Morgan fingerprint density at radius 2 is 1.41 bits per heavy atom. The van der Waals surface area contributed by atoms with Crippen molar-refractivity contribution in [3.63, 3.8) is 0 Å². The summed E-state index contributed by atoms with van der Waals surface area (Å²) in [6.07, 6.45) is -5.42. The molecular weight excluding hydrogens is 608 g/mol. The molecule has 4 N–H and O–H groups in total. The SMILES string of the molecule is CC.Cc1ccc2cc(CN(Cc3cc(C(F)(F)F)cc(C(F)(F)F)c3)/C(N)=N/N(C)N)c(N(CC3CC3)CC3CC3)nc2c1C. The zero-order valence-corrected chi connectivity index (χ0v) is 26.9. The van der Waals surface area contributed by atoms with Crippen LogP contribution >= 0.6 is 0 Å². The van der Waals surface area contributed by atoms with Crippen LogP contribution in [0, 0.1) is 25.7 Å². The first-order valence-electron chi connectivity index (χ1n) is 15.6. The lowest BCUT2D eigenvalue weighted by molar-refractivity contribution is -0.143. The van der Waals surface area contributed by atoms with Gasteiger partial charge in [-0.05, 0) is 92.3 Å². The molecule has 46 heavy (non-hydrogen) atoms. The normalized spacial score (nSPS) is 15.4. The second-order valence-electron chi connectivity index (χ2n) is 12.1. The van der Waals surface area contributed by atoms with Crippen LogP contribution in [-0.2, 0) is 25.4 Å². The summed E-state index contributed by atoms with van der Waals surface area (Å²) in [5, 5.41) is 5.85. The van der Waals surface area contributed by atoms with Gasteiger partial charge < -0.3 is 15.5 Å². The highest BCUT2D eigenvalue weighted by Crippen LogP contribution is 2.39. The monoisotopic (exact) mass is 651 g/mol. The number of benzene rings is 2. The van der Waals surface area contributed by atoms with Crippen LogP contribution in [0.5, 0.6) is 0 Å². The van der Waals surface area contributed by atoms with E-state index in [2.05, 4.69) is 10.0 Å². The van der Waals surface area contributed by atoms with Crippen LogP contribution in [-0.4, -0.2) is 41.1 Å². The summed E-state index contributed by atoms with van der Waals surface area (Å²) < 4.78 is 81.9. The van der Waals surface area contributed by atoms with Gasteiger partial charge in [0.2, 0.25) is 5.96 Å². The van der Waals surface area contributed by atoms with E-state index >= 15 is 0 Å². The van der Waals surface area contributed by atoms with Crippen molar-refractivity contribution >= 4 is 22.7 Å². The van der Waals surface area contributed by atoms with Crippen LogP contribution in [0.2, 0.25) is 0 Å². The van der Waals surface area contributed by atoms with Crippen molar-refractivity contribution in [1.82, 2.24) is 15.0 Å². The van der Waals surface area contributed by atoms with Gasteiger partial charge in [-0.3, -0.25) is 0 Å². The number of anilines is 1. The summed E-state index contributed by atoms with van der Waals surface area (Å²) in [5.74, 6) is 7.39. The summed E-state index contributed by atoms with van der Waals surface area (Å²) in [4.78, 5) is 8.88. The van der Waals surface area contributed by atoms with E-state index in [-0.39, 0.29) is 30.7 Å². The van der Waals surface area contributed by atoms with Crippen LogP contribution in [0.1, 0.15) is 72.9 Å². The van der Waals surface area contributed by atoms with Crippen LogP contribution in [0.3, 0.4) is 0 Å². The second-order valence-corrected chi connectivity index (χ2v) is 12.1. The Balaban J connectivity index is 0.00000235. The molecule has 2 aliphatic rings. The third-order valence-corrected chi connectivity index (χ3v) is 8.18. The molecule has 7 nitrogen and oxygen atoms in total. The number of nitrogens with two attached hydrogens (primary N) is 2. The number of aromatic nitrogens is 1. The van der Waals surface area contributed by atoms with Crippen molar-refractivity contribution in [2.75, 3.05) is 25.0 Å². The summed E-state index contributed by atoms with van der Waals surface area (Å²) >= 11 is 0. The Bertz CT molecular complexity index is 1500. The molecule has 2 fully saturated rings. The van der Waals surface area contributed by atoms with E-state index in [1.165, 1.54) is 11.9 Å². The molecule has 1 heterocycles. The lowest BCUT2D eigenvalue weighted by Gasteiger charge is -2.30. The van der Waals surface area contributed by atoms with Gasteiger partial charge in [-0.1, -0.05) is 26.0 Å². The summed E-state index contributed by atoms with van der Waals surface area (Å²) in [7, 11) is 1.41. The van der Waals surface area contributed by atoms with Gasteiger partial charge in [-0.15, -0.1) is 5.10 Å². The standard InChI is InChI=1S/C31H37F6N7.C2H6/c1-18-4-9-23-12-24(28(40-27(23)19(18)2)43(14-20-5-6-20)15-21-7-8-21)17-44(29(38)41-42(3)39)16-22-10-25(30(32,33)34)13-26(11-22)31(35,36)37;1-2/h4,9-13,20-21H,5-8,14-17,39H2,1-3H3,(H2,38,41);1-2H3. The average Bonchev–Trinajstić information content (AvgIpc) is 3.91. The van der Waals surface area contributed by atoms with Gasteiger partial charge >= 0.3 is 12.4 Å². The predicted molar refractivity (Wildman–Crippen MR) is 169 cm³/mol. The van der Waals surface area contributed by atoms with Crippen molar-refractivity contribution in [2.45, 2.75) is 78.8 Å². The van der Waals surface area contributed by atoms with E-state index < -0.39 is 23.5 Å². The second kappa shape index (κ2) is 13.9. The van der Waals surface area contributed by atoms with E-state index in [1.807, 2.05) is 45.9 Å². The molecule has 0 spiro atoms. The highest BCUT2D eigenvalue weighted by atomic mass is 19.4. The van der Waals surface area contributed by atoms with Crippen LogP contribution in [0.15, 0.2) is 41.5 Å². The zero-order valence-electron chi connectivity index (χ0n) is 26.9. The van der Waals surface area contributed by atoms with Gasteiger partial charge in [0.25, 0.3) is 0 Å². The Labute approximate surface area is 266 Å². The van der Waals surface area contributed by atoms with E-state index in [9.17, 15) is 26.3 Å². The minimum Gasteiger partial charge on any atom is -0.368 e. The Kier molecular flexibility index (Phi) is 10.6. The van der Waals surface area contributed by atoms with Crippen molar-refractivity contribution in [3.8, 4) is 0 Å². The molecule has 1 aromatic heterocycles. The topological polar surface area (TPSA) is 87.0 Å². The zero-order chi connectivity index (χ0) is 34.0. The highest BCUT2D eigenvalue weighted by molar-refractivity contribution is 5.86. The molecule has 0 saturated heterocycles. The number of pyridine rings is 1. The number of alkyl halides is 6. The quantitative estimate of drug-likeness (QED) is 0.0773. The number of nitrogens with zero attached hydrogens (tertiary/aromatic N) is 5. The molecule has 0 atom stereocenters. The van der Waals surface area contributed by atoms with Crippen molar-refractivity contribution in [1.29, 1.82) is 0 Å². The molecule has 0 bridgehead atoms. The molecule has 3 aromatic rings. The van der Waals surface area contributed by atoms with Gasteiger partial charge in [0.15, 0.2) is 0 Å². The number of fused-ring (bicyclic) bond motifs is 1. The maximum Gasteiger partial charge on any atom is 0.416 e. The Morgan fingerprint density at radius 3 is 1.89 bits per heavy atom. The third-order valence-electron chi connectivity index (χ3n) is 8.18. The molecule has 2 aliphatic carbocycles. The fourth-order valence-electron chi connectivity index (χ4n) is 5.36. The van der Waals surface area contributed by atoms with Gasteiger partial charge in [0, 0.05) is 44.2 Å². The summed E-state index contributed by atoms with van der Waals surface area (Å²) in [6, 6.07) is 7.47. The van der Waals surface area contributed by atoms with Gasteiger partial charge in [-0.2, -0.15) is 26.3 Å². The number of aryl methyl sites for hydroxylation is 2. The maximum absolute atomic E-state index is 13.7. The van der Waals surface area contributed by atoms with Crippen molar-refractivity contribution in [3.05, 3.63) is 69.8 Å². The molecule has 2 aromatic carbocycles. The Morgan fingerprint density at radius 1 is 0.870 bits per heavy atom. The molecule has 13 heteroatoms. The van der Waals surface area contributed by atoms with Crippen LogP contribution in [0.25, 0.3) is 10.9 Å². The molecule has 0 aliphatic heterocycles. The third kappa shape index (κ3) is 8.95. The minimum absolute atomic E-state index is 0.0256. The number of hydrogen-bond donors (Lipinski definition) is 2. The molecule has 0 unspecified atom stereocenters. The van der Waals surface area contributed by atoms with Gasteiger partial charge in [-0.25, -0.2) is 15.9 Å². The summed E-state index contributed by atoms with van der Waals surface area (Å²) in [5.41, 5.74) is 7.01. The van der Waals surface area contributed by atoms with Crippen LogP contribution in [0.4, 0.5) is 32.2 Å². The first kappa shape index (κ1) is 35.1. The number of hydrogen-bond acceptors (Lipinski definition) is 5. The number of rotatable bonds is 10. The Hall–Kier alpha value is -3.74. The maximum atomic E-state index is 13.7. The molecule has 5 rings (SSSR count).